The van der Waals surface area contributed by atoms with Gasteiger partial charge in [-0.3, -0.25) is 4.79 Å². The van der Waals surface area contributed by atoms with Crippen molar-refractivity contribution in [2.75, 3.05) is 18.1 Å². The second-order valence-electron chi connectivity index (χ2n) is 2.62. The summed E-state index contributed by atoms with van der Waals surface area (Å²) in [7, 11) is 0. The van der Waals surface area contributed by atoms with Crippen molar-refractivity contribution in [1.82, 2.24) is 9.97 Å². The van der Waals surface area contributed by atoms with E-state index in [4.69, 9.17) is 16.2 Å². The van der Waals surface area contributed by atoms with Gasteiger partial charge in [0.1, 0.15) is 5.82 Å². The summed E-state index contributed by atoms with van der Waals surface area (Å²) in [6, 6.07) is 0. The third kappa shape index (κ3) is 2.58. The Kier molecular flexibility index (Phi) is 3.22. The molecule has 6 nitrogen and oxygen atoms in total. The van der Waals surface area contributed by atoms with Crippen LogP contribution in [0.2, 0.25) is 0 Å². The lowest BCUT2D eigenvalue weighted by Gasteiger charge is -2.04. The van der Waals surface area contributed by atoms with E-state index in [1.54, 1.807) is 6.92 Å². The first-order chi connectivity index (χ1) is 6.63. The number of ether oxygens (including phenoxy) is 1. The van der Waals surface area contributed by atoms with Crippen molar-refractivity contribution < 1.29 is 9.53 Å². The highest BCUT2D eigenvalue weighted by Crippen LogP contribution is 2.09. The summed E-state index contributed by atoms with van der Waals surface area (Å²) >= 11 is 0. The van der Waals surface area contributed by atoms with Crippen molar-refractivity contribution in [1.29, 1.82) is 0 Å². The number of nitrogens with two attached hydrogens (primary N) is 2. The molecule has 0 fully saturated rings. The number of esters is 1. The molecule has 0 aliphatic carbocycles. The third-order valence-electron chi connectivity index (χ3n) is 1.56. The number of hydrogen-bond donors (Lipinski definition) is 2. The Labute approximate surface area is 81.3 Å². The molecule has 0 saturated carbocycles. The first-order valence-corrected chi connectivity index (χ1v) is 4.16. The van der Waals surface area contributed by atoms with Crippen LogP contribution in [0, 0.1) is 0 Å². The highest BCUT2D eigenvalue weighted by Gasteiger charge is 2.08. The van der Waals surface area contributed by atoms with Crippen molar-refractivity contribution in [3.63, 3.8) is 0 Å². The van der Waals surface area contributed by atoms with Gasteiger partial charge in [0.15, 0.2) is 0 Å². The van der Waals surface area contributed by atoms with Gasteiger partial charge in [-0.15, -0.1) is 0 Å². The van der Waals surface area contributed by atoms with Crippen molar-refractivity contribution in [3.05, 3.63) is 11.8 Å². The van der Waals surface area contributed by atoms with Crippen LogP contribution in [-0.2, 0) is 16.0 Å². The fourth-order valence-corrected chi connectivity index (χ4v) is 0.938. The molecule has 1 aromatic heterocycles. The molecule has 1 aromatic rings. The van der Waals surface area contributed by atoms with Gasteiger partial charge in [-0.25, -0.2) is 4.98 Å². The van der Waals surface area contributed by atoms with Crippen LogP contribution < -0.4 is 11.5 Å². The molecule has 6 heteroatoms. The zero-order chi connectivity index (χ0) is 10.6. The van der Waals surface area contributed by atoms with Gasteiger partial charge in [-0.1, -0.05) is 0 Å². The van der Waals surface area contributed by atoms with Crippen LogP contribution in [-0.4, -0.2) is 22.5 Å². The molecule has 0 aromatic carbocycles. The average molecular weight is 196 g/mol. The van der Waals surface area contributed by atoms with Gasteiger partial charge in [0.05, 0.1) is 13.0 Å². The number of nitrogen functional groups attached to an aromatic ring is 2. The van der Waals surface area contributed by atoms with Crippen LogP contribution in [0.25, 0.3) is 0 Å². The van der Waals surface area contributed by atoms with Gasteiger partial charge in [0, 0.05) is 11.8 Å². The van der Waals surface area contributed by atoms with E-state index >= 15 is 0 Å². The minimum Gasteiger partial charge on any atom is -0.466 e. The van der Waals surface area contributed by atoms with Crippen LogP contribution in [0.3, 0.4) is 0 Å². The number of hydrogen-bond acceptors (Lipinski definition) is 6. The van der Waals surface area contributed by atoms with Crippen LogP contribution in [0.15, 0.2) is 6.20 Å². The van der Waals surface area contributed by atoms with E-state index < -0.39 is 0 Å². The Morgan fingerprint density at radius 1 is 1.57 bits per heavy atom. The molecule has 76 valence electrons. The van der Waals surface area contributed by atoms with Gasteiger partial charge in [-0.2, -0.15) is 4.98 Å². The predicted molar refractivity (Wildman–Crippen MR) is 51.2 cm³/mol. The first kappa shape index (κ1) is 10.2. The summed E-state index contributed by atoms with van der Waals surface area (Å²) in [5.41, 5.74) is 11.4. The molecule has 14 heavy (non-hydrogen) atoms. The smallest absolute Gasteiger partial charge is 0.310 e. The second-order valence-corrected chi connectivity index (χ2v) is 2.62. The predicted octanol–water partition coefficient (Wildman–Crippen LogP) is -0.253. The lowest BCUT2D eigenvalue weighted by Crippen LogP contribution is -2.11. The molecule has 0 atom stereocenters. The Bertz CT molecular complexity index is 340. The second kappa shape index (κ2) is 4.40. The maximum absolute atomic E-state index is 11.1. The van der Waals surface area contributed by atoms with Gasteiger partial charge in [0.2, 0.25) is 5.95 Å². The third-order valence-corrected chi connectivity index (χ3v) is 1.56. The van der Waals surface area contributed by atoms with Crippen LogP contribution in [0.5, 0.6) is 0 Å². The molecule has 0 amide bonds. The first-order valence-electron chi connectivity index (χ1n) is 4.16. The van der Waals surface area contributed by atoms with Crippen molar-refractivity contribution >= 4 is 17.7 Å². The largest absolute Gasteiger partial charge is 0.466 e. The highest BCUT2D eigenvalue weighted by atomic mass is 16.5. The number of carbonyl (C=O) groups excluding carboxylic acids is 1. The van der Waals surface area contributed by atoms with Gasteiger partial charge >= 0.3 is 5.97 Å². The molecule has 1 rings (SSSR count). The van der Waals surface area contributed by atoms with Gasteiger partial charge in [-0.05, 0) is 6.92 Å². The number of aromatic nitrogens is 2. The van der Waals surface area contributed by atoms with E-state index in [0.717, 1.165) is 0 Å². The van der Waals surface area contributed by atoms with Crippen molar-refractivity contribution in [2.24, 2.45) is 0 Å². The summed E-state index contributed by atoms with van der Waals surface area (Å²) in [5, 5.41) is 0. The number of rotatable bonds is 3. The Balaban J connectivity index is 2.72. The zero-order valence-electron chi connectivity index (χ0n) is 7.86. The van der Waals surface area contributed by atoms with E-state index in [2.05, 4.69) is 9.97 Å². The molecule has 0 saturated heterocycles. The number of nitrogens with zero attached hydrogens (tertiary/aromatic N) is 2. The summed E-state index contributed by atoms with van der Waals surface area (Å²) < 4.78 is 4.75. The molecule has 0 aliphatic heterocycles. The maximum Gasteiger partial charge on any atom is 0.310 e. The molecule has 0 radical (unpaired) electrons. The summed E-state index contributed by atoms with van der Waals surface area (Å²) in [5.74, 6) is -0.0479. The molecule has 4 N–H and O–H groups in total. The molecular weight excluding hydrogens is 184 g/mol. The Hall–Kier alpha value is -1.85. The van der Waals surface area contributed by atoms with Crippen molar-refractivity contribution in [3.8, 4) is 0 Å². The zero-order valence-corrected chi connectivity index (χ0v) is 7.86. The quantitative estimate of drug-likeness (QED) is 0.646. The van der Waals surface area contributed by atoms with Crippen LogP contribution in [0.4, 0.5) is 11.8 Å². The lowest BCUT2D eigenvalue weighted by atomic mass is 10.2. The molecule has 0 bridgehead atoms. The average Bonchev–Trinajstić information content (AvgIpc) is 2.10. The highest BCUT2D eigenvalue weighted by molar-refractivity contribution is 5.74. The van der Waals surface area contributed by atoms with E-state index in [-0.39, 0.29) is 24.2 Å². The number of carbonyl (C=O) groups is 1. The Morgan fingerprint density at radius 3 is 2.86 bits per heavy atom. The maximum atomic E-state index is 11.1. The molecular formula is C8H12N4O2. The SMILES string of the molecule is CCOC(=O)Cc1cnc(N)nc1N. The van der Waals surface area contributed by atoms with Crippen molar-refractivity contribution in [2.45, 2.75) is 13.3 Å². The normalized spacial score (nSPS) is 9.79. The topological polar surface area (TPSA) is 104 Å². The molecule has 0 aliphatic rings. The number of anilines is 2. The van der Waals surface area contributed by atoms with Gasteiger partial charge in [0.25, 0.3) is 0 Å². The fraction of sp³-hybridized carbons (Fsp3) is 0.375. The molecule has 0 spiro atoms. The summed E-state index contributed by atoms with van der Waals surface area (Å²) in [6.07, 6.45) is 1.49. The summed E-state index contributed by atoms with van der Waals surface area (Å²) in [6.45, 7) is 2.08. The minimum absolute atomic E-state index is 0.0694. The summed E-state index contributed by atoms with van der Waals surface area (Å²) in [4.78, 5) is 18.5. The van der Waals surface area contributed by atoms with Crippen LogP contribution >= 0.6 is 0 Å². The van der Waals surface area contributed by atoms with E-state index in [1.807, 2.05) is 0 Å². The fourth-order valence-electron chi connectivity index (χ4n) is 0.938. The van der Waals surface area contributed by atoms with E-state index in [9.17, 15) is 4.79 Å². The van der Waals surface area contributed by atoms with Gasteiger partial charge < -0.3 is 16.2 Å². The van der Waals surface area contributed by atoms with E-state index in [0.29, 0.717) is 12.2 Å². The van der Waals surface area contributed by atoms with E-state index in [1.165, 1.54) is 6.20 Å². The Morgan fingerprint density at radius 2 is 2.29 bits per heavy atom. The molecule has 1 heterocycles. The molecule has 0 unspecified atom stereocenters. The van der Waals surface area contributed by atoms with Crippen LogP contribution in [0.1, 0.15) is 12.5 Å². The lowest BCUT2D eigenvalue weighted by molar-refractivity contribution is -0.142. The standard InChI is InChI=1S/C8H12N4O2/c1-2-14-6(13)3-5-4-11-8(10)12-7(5)9/h4H,2-3H2,1H3,(H4,9,10,11,12). The minimum atomic E-state index is -0.354. The monoisotopic (exact) mass is 196 g/mol.